The lowest BCUT2D eigenvalue weighted by atomic mass is 10.2. The molecule has 0 saturated carbocycles. The largest absolute Gasteiger partial charge is 0.463 e. The van der Waals surface area contributed by atoms with E-state index in [1.165, 1.54) is 6.08 Å². The van der Waals surface area contributed by atoms with E-state index in [1.807, 2.05) is 41.8 Å². The van der Waals surface area contributed by atoms with E-state index in [1.54, 1.807) is 29.9 Å². The Hall–Kier alpha value is -2.66. The van der Waals surface area contributed by atoms with E-state index in [2.05, 4.69) is 10.3 Å². The predicted molar refractivity (Wildman–Crippen MR) is 87.1 cm³/mol. The summed E-state index contributed by atoms with van der Waals surface area (Å²) in [6.45, 7) is 0.444. The molecule has 1 amide bonds. The van der Waals surface area contributed by atoms with Crippen LogP contribution in [0.4, 0.5) is 0 Å². The standard InChI is InChI=1S/C17H14N2O2S/c20-17(8-6-14-3-2-10-22-14)19-12-13-5-7-15(18-11-13)16-4-1-9-21-16/h1-11H,12H2,(H,19,20)/b8-6+. The molecule has 0 bridgehead atoms. The highest BCUT2D eigenvalue weighted by atomic mass is 32.1. The summed E-state index contributed by atoms with van der Waals surface area (Å²) in [7, 11) is 0. The SMILES string of the molecule is O=C(/C=C/c1cccs1)NCc1ccc(-c2ccco2)nc1. The normalized spacial score (nSPS) is 10.9. The second-order valence-electron chi connectivity index (χ2n) is 4.60. The number of hydrogen-bond acceptors (Lipinski definition) is 4. The highest BCUT2D eigenvalue weighted by Gasteiger charge is 2.02. The molecular formula is C17H14N2O2S. The molecule has 0 atom stereocenters. The smallest absolute Gasteiger partial charge is 0.244 e. The topological polar surface area (TPSA) is 55.1 Å². The van der Waals surface area contributed by atoms with Crippen molar-refractivity contribution in [3.05, 3.63) is 70.8 Å². The first-order valence-electron chi connectivity index (χ1n) is 6.79. The Morgan fingerprint density at radius 2 is 2.23 bits per heavy atom. The third kappa shape index (κ3) is 3.71. The summed E-state index contributed by atoms with van der Waals surface area (Å²) in [6, 6.07) is 11.4. The molecule has 0 spiro atoms. The number of hydrogen-bond donors (Lipinski definition) is 1. The van der Waals surface area contributed by atoms with Crippen LogP contribution in [-0.2, 0) is 11.3 Å². The molecule has 3 heterocycles. The van der Waals surface area contributed by atoms with Gasteiger partial charge in [-0.25, -0.2) is 0 Å². The molecule has 1 N–H and O–H groups in total. The lowest BCUT2D eigenvalue weighted by Crippen LogP contribution is -2.20. The molecular weight excluding hydrogens is 296 g/mol. The average Bonchev–Trinajstić information content (AvgIpc) is 3.24. The average molecular weight is 310 g/mol. The highest BCUT2D eigenvalue weighted by molar-refractivity contribution is 7.10. The monoisotopic (exact) mass is 310 g/mol. The molecule has 3 aromatic heterocycles. The van der Waals surface area contributed by atoms with Crippen molar-refractivity contribution in [1.29, 1.82) is 0 Å². The Bertz CT molecular complexity index is 745. The molecule has 0 saturated heterocycles. The molecule has 4 nitrogen and oxygen atoms in total. The summed E-state index contributed by atoms with van der Waals surface area (Å²) in [5.41, 5.74) is 1.71. The van der Waals surface area contributed by atoms with Crippen molar-refractivity contribution in [3.8, 4) is 11.5 Å². The fourth-order valence-corrected chi connectivity index (χ4v) is 2.51. The van der Waals surface area contributed by atoms with Crippen LogP contribution in [0.1, 0.15) is 10.4 Å². The van der Waals surface area contributed by atoms with Gasteiger partial charge in [0.25, 0.3) is 0 Å². The summed E-state index contributed by atoms with van der Waals surface area (Å²) in [4.78, 5) is 17.1. The van der Waals surface area contributed by atoms with Gasteiger partial charge in [0.15, 0.2) is 5.76 Å². The summed E-state index contributed by atoms with van der Waals surface area (Å²) in [6.07, 6.45) is 6.70. The molecule has 0 unspecified atom stereocenters. The summed E-state index contributed by atoms with van der Waals surface area (Å²) < 4.78 is 5.28. The Morgan fingerprint density at radius 1 is 1.27 bits per heavy atom. The van der Waals surface area contributed by atoms with E-state index in [0.29, 0.717) is 6.54 Å². The van der Waals surface area contributed by atoms with E-state index in [9.17, 15) is 4.79 Å². The maximum atomic E-state index is 11.7. The quantitative estimate of drug-likeness (QED) is 0.731. The van der Waals surface area contributed by atoms with Crippen molar-refractivity contribution in [2.75, 3.05) is 0 Å². The number of rotatable bonds is 5. The molecule has 5 heteroatoms. The van der Waals surface area contributed by atoms with E-state index in [0.717, 1.165) is 21.9 Å². The number of thiophene rings is 1. The maximum Gasteiger partial charge on any atom is 0.244 e. The number of furan rings is 1. The zero-order valence-electron chi connectivity index (χ0n) is 11.7. The van der Waals surface area contributed by atoms with Crippen LogP contribution in [0.15, 0.2) is 64.7 Å². The Morgan fingerprint density at radius 3 is 2.91 bits per heavy atom. The van der Waals surface area contributed by atoms with Gasteiger partial charge in [0.1, 0.15) is 5.69 Å². The van der Waals surface area contributed by atoms with Crippen LogP contribution in [0.25, 0.3) is 17.5 Å². The molecule has 110 valence electrons. The maximum absolute atomic E-state index is 11.7. The van der Waals surface area contributed by atoms with Gasteiger partial charge in [-0.3, -0.25) is 9.78 Å². The van der Waals surface area contributed by atoms with E-state index < -0.39 is 0 Å². The fraction of sp³-hybridized carbons (Fsp3) is 0.0588. The van der Waals surface area contributed by atoms with Crippen LogP contribution in [0.2, 0.25) is 0 Å². The van der Waals surface area contributed by atoms with Gasteiger partial charge in [-0.15, -0.1) is 11.3 Å². The van der Waals surface area contributed by atoms with Gasteiger partial charge < -0.3 is 9.73 Å². The fourth-order valence-electron chi connectivity index (χ4n) is 1.89. The minimum atomic E-state index is -0.122. The number of amides is 1. The number of carbonyl (C=O) groups excluding carboxylic acids is 1. The van der Waals surface area contributed by atoms with Crippen molar-refractivity contribution in [2.45, 2.75) is 6.54 Å². The van der Waals surface area contributed by atoms with Crippen LogP contribution < -0.4 is 5.32 Å². The minimum absolute atomic E-state index is 0.122. The van der Waals surface area contributed by atoms with E-state index >= 15 is 0 Å². The highest BCUT2D eigenvalue weighted by Crippen LogP contribution is 2.17. The van der Waals surface area contributed by atoms with Gasteiger partial charge in [0.2, 0.25) is 5.91 Å². The van der Waals surface area contributed by atoms with Crippen LogP contribution in [0.5, 0.6) is 0 Å². The molecule has 0 radical (unpaired) electrons. The van der Waals surface area contributed by atoms with Crippen molar-refractivity contribution in [2.24, 2.45) is 0 Å². The first-order chi connectivity index (χ1) is 10.8. The zero-order valence-corrected chi connectivity index (χ0v) is 12.5. The van der Waals surface area contributed by atoms with Gasteiger partial charge in [-0.1, -0.05) is 12.1 Å². The predicted octanol–water partition coefficient (Wildman–Crippen LogP) is 3.73. The van der Waals surface area contributed by atoms with Gasteiger partial charge in [0, 0.05) is 23.7 Å². The Balaban J connectivity index is 1.54. The number of aromatic nitrogens is 1. The zero-order chi connectivity index (χ0) is 15.2. The third-order valence-electron chi connectivity index (χ3n) is 3.01. The molecule has 0 fully saturated rings. The van der Waals surface area contributed by atoms with Crippen LogP contribution >= 0.6 is 11.3 Å². The molecule has 3 aromatic rings. The molecule has 0 aliphatic heterocycles. The van der Waals surface area contributed by atoms with Crippen LogP contribution in [0, 0.1) is 0 Å². The van der Waals surface area contributed by atoms with Crippen molar-refractivity contribution in [3.63, 3.8) is 0 Å². The van der Waals surface area contributed by atoms with Crippen LogP contribution in [0.3, 0.4) is 0 Å². The second-order valence-corrected chi connectivity index (χ2v) is 5.57. The minimum Gasteiger partial charge on any atom is -0.463 e. The summed E-state index contributed by atoms with van der Waals surface area (Å²) in [5.74, 6) is 0.609. The van der Waals surface area contributed by atoms with Crippen molar-refractivity contribution < 1.29 is 9.21 Å². The first-order valence-corrected chi connectivity index (χ1v) is 7.67. The van der Waals surface area contributed by atoms with Crippen molar-refractivity contribution in [1.82, 2.24) is 10.3 Å². The molecule has 0 aliphatic carbocycles. The van der Waals surface area contributed by atoms with E-state index in [4.69, 9.17) is 4.42 Å². The molecule has 22 heavy (non-hydrogen) atoms. The second kappa shape index (κ2) is 6.87. The summed E-state index contributed by atoms with van der Waals surface area (Å²) in [5, 5.41) is 4.81. The van der Waals surface area contributed by atoms with Crippen LogP contribution in [-0.4, -0.2) is 10.9 Å². The van der Waals surface area contributed by atoms with E-state index in [-0.39, 0.29) is 5.91 Å². The lowest BCUT2D eigenvalue weighted by Gasteiger charge is -2.03. The third-order valence-corrected chi connectivity index (χ3v) is 3.84. The Kier molecular flexibility index (Phi) is 4.46. The summed E-state index contributed by atoms with van der Waals surface area (Å²) >= 11 is 1.59. The number of pyridine rings is 1. The Labute approximate surface area is 132 Å². The number of nitrogens with one attached hydrogen (secondary N) is 1. The molecule has 3 rings (SSSR count). The van der Waals surface area contributed by atoms with Gasteiger partial charge in [0.05, 0.1) is 6.26 Å². The molecule has 0 aliphatic rings. The lowest BCUT2D eigenvalue weighted by molar-refractivity contribution is -0.116. The number of carbonyl (C=O) groups is 1. The van der Waals surface area contributed by atoms with Gasteiger partial charge in [-0.2, -0.15) is 0 Å². The van der Waals surface area contributed by atoms with Crippen molar-refractivity contribution >= 4 is 23.3 Å². The van der Waals surface area contributed by atoms with Gasteiger partial charge in [-0.05, 0) is 41.3 Å². The number of nitrogens with zero attached hydrogens (tertiary/aromatic N) is 1. The molecule has 0 aromatic carbocycles. The first kappa shape index (κ1) is 14.3. The van der Waals surface area contributed by atoms with Gasteiger partial charge >= 0.3 is 0 Å².